The number of aryl methyl sites for hydroxylation is 1. The van der Waals surface area contributed by atoms with Gasteiger partial charge in [0.2, 0.25) is 0 Å². The quantitative estimate of drug-likeness (QED) is 0.798. The molecule has 0 saturated heterocycles. The lowest BCUT2D eigenvalue weighted by molar-refractivity contribution is 0.0601. The highest BCUT2D eigenvalue weighted by Crippen LogP contribution is 2.35. The maximum atomic E-state index is 12.2. The highest BCUT2D eigenvalue weighted by molar-refractivity contribution is 7.20. The number of rotatable bonds is 3. The molecule has 0 radical (unpaired) electrons. The Morgan fingerprint density at radius 1 is 1.24 bits per heavy atom. The van der Waals surface area contributed by atoms with E-state index in [1.54, 1.807) is 0 Å². The highest BCUT2D eigenvalue weighted by Gasteiger charge is 2.23. The number of methoxy groups -OCH3 is 1. The number of esters is 1. The summed E-state index contributed by atoms with van der Waals surface area (Å²) >= 11 is 14.2. The van der Waals surface area contributed by atoms with E-state index in [2.05, 4.69) is 5.32 Å². The molecule has 2 heterocycles. The van der Waals surface area contributed by atoms with E-state index < -0.39 is 11.9 Å². The van der Waals surface area contributed by atoms with Crippen molar-refractivity contribution >= 4 is 62.8 Å². The summed E-state index contributed by atoms with van der Waals surface area (Å²) in [5.74, 6) is -0.892. The molecule has 112 valence electrons. The van der Waals surface area contributed by atoms with E-state index in [4.69, 9.17) is 27.9 Å². The Labute approximate surface area is 139 Å². The van der Waals surface area contributed by atoms with E-state index >= 15 is 0 Å². The van der Waals surface area contributed by atoms with Crippen LogP contribution in [-0.2, 0) is 4.74 Å². The standard InChI is InChI=1S/C13H11Cl2NO3S2/c1-5-6(2)20-12(9(5)13(18)19-3)16-11(17)7-4-8(14)21-10(7)15/h4H,1-3H3,(H,16,17). The molecule has 2 rings (SSSR count). The summed E-state index contributed by atoms with van der Waals surface area (Å²) in [5, 5.41) is 3.14. The van der Waals surface area contributed by atoms with Crippen LogP contribution in [0, 0.1) is 13.8 Å². The molecule has 0 fully saturated rings. The molecule has 0 bridgehead atoms. The van der Waals surface area contributed by atoms with Gasteiger partial charge in [-0.05, 0) is 25.5 Å². The van der Waals surface area contributed by atoms with Gasteiger partial charge >= 0.3 is 5.97 Å². The minimum absolute atomic E-state index is 0.284. The fourth-order valence-electron chi connectivity index (χ4n) is 1.73. The Hall–Kier alpha value is -1.08. The van der Waals surface area contributed by atoms with Gasteiger partial charge in [-0.2, -0.15) is 0 Å². The minimum Gasteiger partial charge on any atom is -0.465 e. The number of thiophene rings is 2. The van der Waals surface area contributed by atoms with Crippen LogP contribution in [0.2, 0.25) is 8.67 Å². The predicted molar refractivity (Wildman–Crippen MR) is 87.4 cm³/mol. The number of hydrogen-bond acceptors (Lipinski definition) is 5. The third-order valence-electron chi connectivity index (χ3n) is 2.90. The molecule has 0 atom stereocenters. The topological polar surface area (TPSA) is 55.4 Å². The molecule has 0 aliphatic carbocycles. The lowest BCUT2D eigenvalue weighted by Crippen LogP contribution is -2.14. The normalized spacial score (nSPS) is 10.5. The molecule has 1 amide bonds. The number of ether oxygens (including phenoxy) is 1. The van der Waals surface area contributed by atoms with Gasteiger partial charge in [-0.25, -0.2) is 4.79 Å². The van der Waals surface area contributed by atoms with Crippen molar-refractivity contribution < 1.29 is 14.3 Å². The number of hydrogen-bond donors (Lipinski definition) is 1. The summed E-state index contributed by atoms with van der Waals surface area (Å²) in [7, 11) is 1.30. The number of carbonyl (C=O) groups excluding carboxylic acids is 2. The molecule has 0 aliphatic heterocycles. The van der Waals surface area contributed by atoms with Crippen molar-refractivity contribution in [3.63, 3.8) is 0 Å². The van der Waals surface area contributed by atoms with E-state index in [0.717, 1.165) is 21.8 Å². The first kappa shape index (κ1) is 16.3. The van der Waals surface area contributed by atoms with E-state index in [1.165, 1.54) is 24.5 Å². The smallest absolute Gasteiger partial charge is 0.341 e. The summed E-state index contributed by atoms with van der Waals surface area (Å²) in [5.41, 5.74) is 1.44. The first-order valence-corrected chi connectivity index (χ1v) is 8.18. The first-order chi connectivity index (χ1) is 9.85. The van der Waals surface area contributed by atoms with Crippen molar-refractivity contribution in [1.82, 2.24) is 0 Å². The van der Waals surface area contributed by atoms with E-state index in [9.17, 15) is 9.59 Å². The third-order valence-corrected chi connectivity index (χ3v) is 5.51. The molecule has 2 aromatic heterocycles. The van der Waals surface area contributed by atoms with Gasteiger partial charge in [0.15, 0.2) is 0 Å². The van der Waals surface area contributed by atoms with Crippen LogP contribution in [0.25, 0.3) is 0 Å². The van der Waals surface area contributed by atoms with Crippen LogP contribution < -0.4 is 5.32 Å². The summed E-state index contributed by atoms with van der Waals surface area (Å²) in [6, 6.07) is 1.50. The average molecular weight is 364 g/mol. The van der Waals surface area contributed by atoms with Crippen molar-refractivity contribution in [2.75, 3.05) is 12.4 Å². The van der Waals surface area contributed by atoms with Gasteiger partial charge in [0.05, 0.1) is 22.6 Å². The van der Waals surface area contributed by atoms with Crippen molar-refractivity contribution in [3.8, 4) is 0 Å². The molecule has 8 heteroatoms. The van der Waals surface area contributed by atoms with Gasteiger partial charge in [-0.3, -0.25) is 4.79 Å². The summed E-state index contributed by atoms with van der Waals surface area (Å²) in [6.07, 6.45) is 0. The van der Waals surface area contributed by atoms with Gasteiger partial charge in [0.25, 0.3) is 5.91 Å². The third kappa shape index (κ3) is 3.23. The second kappa shape index (κ2) is 6.36. The number of halogens is 2. The van der Waals surface area contributed by atoms with Crippen LogP contribution in [0.1, 0.15) is 31.2 Å². The van der Waals surface area contributed by atoms with E-state index in [1.807, 2.05) is 13.8 Å². The van der Waals surface area contributed by atoms with Gasteiger partial charge < -0.3 is 10.1 Å². The Bertz CT molecular complexity index is 721. The van der Waals surface area contributed by atoms with Crippen molar-refractivity contribution in [2.45, 2.75) is 13.8 Å². The van der Waals surface area contributed by atoms with Crippen LogP contribution in [0.3, 0.4) is 0 Å². The maximum Gasteiger partial charge on any atom is 0.341 e. The van der Waals surface area contributed by atoms with Crippen LogP contribution >= 0.6 is 45.9 Å². The number of carbonyl (C=O) groups is 2. The molecule has 21 heavy (non-hydrogen) atoms. The van der Waals surface area contributed by atoms with Crippen LogP contribution in [0.4, 0.5) is 5.00 Å². The molecule has 0 aromatic carbocycles. The Balaban J connectivity index is 2.36. The van der Waals surface area contributed by atoms with Crippen molar-refractivity contribution in [3.05, 3.63) is 36.3 Å². The van der Waals surface area contributed by atoms with Crippen molar-refractivity contribution in [1.29, 1.82) is 0 Å². The molecule has 1 N–H and O–H groups in total. The van der Waals surface area contributed by atoms with Crippen LogP contribution in [-0.4, -0.2) is 19.0 Å². The lowest BCUT2D eigenvalue weighted by Gasteiger charge is -2.05. The van der Waals surface area contributed by atoms with Crippen molar-refractivity contribution in [2.24, 2.45) is 0 Å². The first-order valence-electron chi connectivity index (χ1n) is 5.79. The average Bonchev–Trinajstić information content (AvgIpc) is 2.89. The van der Waals surface area contributed by atoms with Gasteiger partial charge in [-0.1, -0.05) is 23.2 Å². The molecule has 0 spiro atoms. The van der Waals surface area contributed by atoms with Gasteiger partial charge in [-0.15, -0.1) is 22.7 Å². The number of nitrogens with one attached hydrogen (secondary N) is 1. The zero-order valence-corrected chi connectivity index (χ0v) is 14.5. The number of anilines is 1. The van der Waals surface area contributed by atoms with E-state index in [-0.39, 0.29) is 5.56 Å². The lowest BCUT2D eigenvalue weighted by atomic mass is 10.1. The number of amides is 1. The maximum absolute atomic E-state index is 12.2. The minimum atomic E-state index is -0.485. The molecule has 0 aliphatic rings. The summed E-state index contributed by atoms with van der Waals surface area (Å²) in [6.45, 7) is 3.68. The van der Waals surface area contributed by atoms with E-state index in [0.29, 0.717) is 19.2 Å². The molecule has 4 nitrogen and oxygen atoms in total. The predicted octanol–water partition coefficient (Wildman–Crippen LogP) is 4.77. The summed E-state index contributed by atoms with van der Waals surface area (Å²) in [4.78, 5) is 25.0. The van der Waals surface area contributed by atoms with Crippen LogP contribution in [0.5, 0.6) is 0 Å². The zero-order valence-electron chi connectivity index (χ0n) is 11.4. The second-order valence-corrected chi connectivity index (χ2v) is 7.68. The molecule has 0 saturated carbocycles. The fraction of sp³-hybridized carbons (Fsp3) is 0.231. The van der Waals surface area contributed by atoms with Gasteiger partial charge in [0, 0.05) is 4.88 Å². The molecule has 2 aromatic rings. The largest absolute Gasteiger partial charge is 0.465 e. The highest BCUT2D eigenvalue weighted by atomic mass is 35.5. The molecular formula is C13H11Cl2NO3S2. The molecule has 0 unspecified atom stereocenters. The fourth-order valence-corrected chi connectivity index (χ4v) is 4.23. The Morgan fingerprint density at radius 2 is 1.90 bits per heavy atom. The molecular weight excluding hydrogens is 353 g/mol. The van der Waals surface area contributed by atoms with Gasteiger partial charge in [0.1, 0.15) is 9.34 Å². The summed E-state index contributed by atoms with van der Waals surface area (Å²) < 4.78 is 5.49. The Kier molecular flexibility index (Phi) is 4.93. The second-order valence-electron chi connectivity index (χ2n) is 4.17. The zero-order chi connectivity index (χ0) is 15.7. The monoisotopic (exact) mass is 363 g/mol. The Morgan fingerprint density at radius 3 is 2.43 bits per heavy atom. The SMILES string of the molecule is COC(=O)c1c(NC(=O)c2cc(Cl)sc2Cl)sc(C)c1C. The van der Waals surface area contributed by atoms with Crippen LogP contribution in [0.15, 0.2) is 6.07 Å².